The molecule has 0 amide bonds. The number of aliphatic hydroxyl groups excluding tert-OH is 2. The fourth-order valence-electron chi connectivity index (χ4n) is 3.34. The fourth-order valence-corrected chi connectivity index (χ4v) is 3.34. The van der Waals surface area contributed by atoms with Crippen LogP contribution in [0.4, 0.5) is 5.82 Å². The molecule has 6 atom stereocenters. The number of nitrogens with two attached hydrogens (primary N) is 3. The van der Waals surface area contributed by atoms with Gasteiger partial charge in [-0.25, -0.2) is 4.79 Å². The topological polar surface area (TPSA) is 264 Å². The fraction of sp³-hybridized carbons (Fsp3) is 0.435. The van der Waals surface area contributed by atoms with E-state index >= 15 is 0 Å². The second-order valence-electron chi connectivity index (χ2n) is 8.39. The average Bonchev–Trinajstić information content (AvgIpc) is 3.15. The number of carbonyl (C=O) groups excluding carboxylic acids is 1. The monoisotopic (exact) mass is 537 g/mol. The minimum Gasteiger partial charge on any atom is -0.481 e. The van der Waals surface area contributed by atoms with Gasteiger partial charge in [-0.05, 0) is 24.5 Å². The van der Waals surface area contributed by atoms with Crippen molar-refractivity contribution in [1.29, 1.82) is 0 Å². The molecule has 1 aromatic carbocycles. The van der Waals surface area contributed by atoms with Crippen molar-refractivity contribution in [2.45, 2.75) is 55.9 Å². The molecule has 10 N–H and O–H groups in total. The van der Waals surface area contributed by atoms with Crippen LogP contribution in [0.3, 0.4) is 0 Å². The summed E-state index contributed by atoms with van der Waals surface area (Å²) in [5, 5.41) is 36.6. The molecule has 2 aromatic rings. The molecule has 1 aliphatic heterocycles. The highest BCUT2D eigenvalue weighted by Gasteiger charge is 2.44. The molecule has 0 saturated carbocycles. The van der Waals surface area contributed by atoms with E-state index in [0.29, 0.717) is 6.42 Å². The molecular weight excluding hydrogens is 506 g/mol. The maximum absolute atomic E-state index is 12.1. The van der Waals surface area contributed by atoms with E-state index in [-0.39, 0.29) is 25.3 Å². The number of aromatic nitrogens is 2. The molecule has 0 unspecified atom stereocenters. The number of ether oxygens (including phenoxy) is 2. The molecule has 1 saturated heterocycles. The third-order valence-corrected chi connectivity index (χ3v) is 5.44. The molecule has 208 valence electrons. The Balaban J connectivity index is 0.000000432. The normalized spacial score (nSPS) is 22.0. The van der Waals surface area contributed by atoms with Crippen molar-refractivity contribution < 1.29 is 44.3 Å². The number of nitrogen functional groups attached to an aromatic ring is 1. The highest BCUT2D eigenvalue weighted by Crippen LogP contribution is 2.28. The van der Waals surface area contributed by atoms with E-state index in [9.17, 15) is 29.4 Å². The van der Waals surface area contributed by atoms with Gasteiger partial charge < -0.3 is 47.1 Å². The number of aliphatic carboxylic acids is 2. The van der Waals surface area contributed by atoms with Gasteiger partial charge >= 0.3 is 23.6 Å². The van der Waals surface area contributed by atoms with Crippen LogP contribution in [0.25, 0.3) is 0 Å². The predicted molar refractivity (Wildman–Crippen MR) is 130 cm³/mol. The van der Waals surface area contributed by atoms with E-state index in [1.54, 1.807) is 0 Å². The Labute approximate surface area is 216 Å². The highest BCUT2D eigenvalue weighted by molar-refractivity contribution is 5.76. The van der Waals surface area contributed by atoms with Crippen LogP contribution in [0.2, 0.25) is 0 Å². The Morgan fingerprint density at radius 3 is 2.29 bits per heavy atom. The first kappa shape index (κ1) is 30.3. The molecule has 15 heteroatoms. The number of nitrogens with zero attached hydrogens (tertiary/aromatic N) is 2. The van der Waals surface area contributed by atoms with Crippen molar-refractivity contribution >= 4 is 23.7 Å². The number of rotatable bonds is 10. The van der Waals surface area contributed by atoms with Gasteiger partial charge in [-0.1, -0.05) is 30.3 Å². The standard InChI is InChI=1S/C18H22N4O6.C5H9NO4/c19-11(8-10-4-2-1-3-5-10)17(25)27-9-12-14(23)15(24)16(28-12)22-7-6-13(20)21-18(22)26;6-3(5(9)10)1-2-4(7)8/h1-7,11-12,14-16,23-24H,8-9,19H2,(H2,20,21,26);3H,1-2,6H2,(H,7,8)(H,9,10)/t11-,12+,14+,15-,16+;3-/m00/s1. The Hall–Kier alpha value is -3.89. The van der Waals surface area contributed by atoms with Gasteiger partial charge in [-0.3, -0.25) is 19.0 Å². The SMILES string of the molecule is N[C@@H](CCC(=O)O)C(=O)O.Nc1ccn([C@@H]2O[C@H](COC(=O)[C@@H](N)Cc3ccccc3)[C@@H](O)[C@@H]2O)c(=O)n1. The molecule has 3 rings (SSSR count). The molecule has 0 bridgehead atoms. The van der Waals surface area contributed by atoms with E-state index in [1.807, 2.05) is 30.3 Å². The summed E-state index contributed by atoms with van der Waals surface area (Å²) in [4.78, 5) is 47.4. The first-order valence-corrected chi connectivity index (χ1v) is 11.4. The number of hydrogen-bond acceptors (Lipinski definition) is 12. The lowest BCUT2D eigenvalue weighted by molar-refractivity contribution is -0.151. The quantitative estimate of drug-likeness (QED) is 0.159. The number of carboxylic acid groups (broad SMARTS) is 2. The minimum absolute atomic E-state index is 0.0205. The third-order valence-electron chi connectivity index (χ3n) is 5.44. The molecule has 1 aromatic heterocycles. The zero-order valence-corrected chi connectivity index (χ0v) is 20.2. The largest absolute Gasteiger partial charge is 0.481 e. The summed E-state index contributed by atoms with van der Waals surface area (Å²) in [7, 11) is 0. The summed E-state index contributed by atoms with van der Waals surface area (Å²) in [5.74, 6) is -2.84. The van der Waals surface area contributed by atoms with E-state index in [4.69, 9.17) is 36.9 Å². The van der Waals surface area contributed by atoms with Gasteiger partial charge in [0.25, 0.3) is 0 Å². The summed E-state index contributed by atoms with van der Waals surface area (Å²) in [6.07, 6.45) is -3.62. The molecule has 1 aliphatic rings. The van der Waals surface area contributed by atoms with Crippen LogP contribution in [-0.4, -0.2) is 84.9 Å². The summed E-state index contributed by atoms with van der Waals surface area (Å²) < 4.78 is 11.6. The Bertz CT molecular complexity index is 1140. The Morgan fingerprint density at radius 1 is 1.05 bits per heavy atom. The predicted octanol–water partition coefficient (Wildman–Crippen LogP) is -2.18. The molecule has 15 nitrogen and oxygen atoms in total. The minimum atomic E-state index is -1.41. The maximum atomic E-state index is 12.1. The first-order valence-electron chi connectivity index (χ1n) is 11.4. The lowest BCUT2D eigenvalue weighted by atomic mass is 10.1. The van der Waals surface area contributed by atoms with Gasteiger partial charge in [0.05, 0.1) is 0 Å². The second kappa shape index (κ2) is 14.2. The van der Waals surface area contributed by atoms with E-state index in [2.05, 4.69) is 4.98 Å². The number of hydrogen-bond donors (Lipinski definition) is 7. The number of anilines is 1. The maximum Gasteiger partial charge on any atom is 0.351 e. The number of carbonyl (C=O) groups is 3. The molecule has 2 heterocycles. The lowest BCUT2D eigenvalue weighted by Gasteiger charge is -2.17. The van der Waals surface area contributed by atoms with E-state index in [0.717, 1.165) is 10.1 Å². The summed E-state index contributed by atoms with van der Waals surface area (Å²) >= 11 is 0. The highest BCUT2D eigenvalue weighted by atomic mass is 16.6. The molecule has 0 aliphatic carbocycles. The average molecular weight is 538 g/mol. The zero-order valence-electron chi connectivity index (χ0n) is 20.2. The molecule has 0 radical (unpaired) electrons. The second-order valence-corrected chi connectivity index (χ2v) is 8.39. The van der Waals surface area contributed by atoms with Gasteiger partial charge in [0.15, 0.2) is 6.23 Å². The van der Waals surface area contributed by atoms with Crippen molar-refractivity contribution in [3.63, 3.8) is 0 Å². The number of esters is 1. The van der Waals surface area contributed by atoms with Gasteiger partial charge in [0.1, 0.15) is 42.8 Å². The Kier molecular flexibility index (Phi) is 11.3. The molecule has 1 fully saturated rings. The van der Waals surface area contributed by atoms with Crippen LogP contribution in [0.15, 0.2) is 47.4 Å². The van der Waals surface area contributed by atoms with Crippen LogP contribution >= 0.6 is 0 Å². The molecular formula is C23H31N5O10. The number of carboxylic acids is 2. The third kappa shape index (κ3) is 8.89. The number of benzene rings is 1. The van der Waals surface area contributed by atoms with Crippen LogP contribution in [0.5, 0.6) is 0 Å². The van der Waals surface area contributed by atoms with E-state index < -0.39 is 60.2 Å². The smallest absolute Gasteiger partial charge is 0.351 e. The number of aliphatic hydroxyl groups is 2. The van der Waals surface area contributed by atoms with E-state index in [1.165, 1.54) is 12.3 Å². The van der Waals surface area contributed by atoms with Crippen LogP contribution < -0.4 is 22.9 Å². The lowest BCUT2D eigenvalue weighted by Crippen LogP contribution is -2.39. The van der Waals surface area contributed by atoms with Crippen LogP contribution in [0, 0.1) is 0 Å². The van der Waals surface area contributed by atoms with Crippen molar-refractivity contribution in [3.8, 4) is 0 Å². The van der Waals surface area contributed by atoms with Crippen molar-refractivity contribution in [3.05, 3.63) is 58.6 Å². The Morgan fingerprint density at radius 2 is 1.71 bits per heavy atom. The van der Waals surface area contributed by atoms with Crippen molar-refractivity contribution in [2.24, 2.45) is 11.5 Å². The van der Waals surface area contributed by atoms with Crippen molar-refractivity contribution in [2.75, 3.05) is 12.3 Å². The van der Waals surface area contributed by atoms with Gasteiger partial charge in [0.2, 0.25) is 0 Å². The van der Waals surface area contributed by atoms with Gasteiger partial charge in [-0.15, -0.1) is 0 Å². The van der Waals surface area contributed by atoms with Gasteiger partial charge in [-0.2, -0.15) is 4.98 Å². The van der Waals surface area contributed by atoms with Crippen LogP contribution in [-0.2, 0) is 30.3 Å². The molecule has 38 heavy (non-hydrogen) atoms. The summed E-state index contributed by atoms with van der Waals surface area (Å²) in [6.45, 7) is -0.326. The van der Waals surface area contributed by atoms with Crippen molar-refractivity contribution in [1.82, 2.24) is 9.55 Å². The van der Waals surface area contributed by atoms with Crippen LogP contribution in [0.1, 0.15) is 24.6 Å². The summed E-state index contributed by atoms with van der Waals surface area (Å²) in [6, 6.07) is 8.64. The first-order chi connectivity index (χ1) is 17.9. The molecule has 0 spiro atoms. The zero-order chi connectivity index (χ0) is 28.4. The summed E-state index contributed by atoms with van der Waals surface area (Å²) in [5.41, 5.74) is 16.4. The van der Waals surface area contributed by atoms with Gasteiger partial charge in [0, 0.05) is 12.6 Å².